The molecule has 112 valence electrons. The van der Waals surface area contributed by atoms with E-state index in [0.29, 0.717) is 6.61 Å². The lowest BCUT2D eigenvalue weighted by Crippen LogP contribution is -2.21. The number of hydrogen-bond donors (Lipinski definition) is 2. The summed E-state index contributed by atoms with van der Waals surface area (Å²) >= 11 is 6.11. The molecule has 0 radical (unpaired) electrons. The highest BCUT2D eigenvalue weighted by molar-refractivity contribution is 6.31. The third-order valence-electron chi connectivity index (χ3n) is 3.07. The maximum absolute atomic E-state index is 6.11. The highest BCUT2D eigenvalue weighted by Gasteiger charge is 1.98. The molecular formula is C17H21ClN2O. The fourth-order valence-electron chi connectivity index (χ4n) is 2.00. The van der Waals surface area contributed by atoms with Gasteiger partial charge in [0.25, 0.3) is 0 Å². The van der Waals surface area contributed by atoms with E-state index in [1.807, 2.05) is 55.5 Å². The van der Waals surface area contributed by atoms with E-state index in [1.54, 1.807) is 0 Å². The van der Waals surface area contributed by atoms with Crippen molar-refractivity contribution >= 4 is 17.3 Å². The van der Waals surface area contributed by atoms with Crippen LogP contribution in [0.15, 0.2) is 48.5 Å². The number of ether oxygens (including phenoxy) is 1. The van der Waals surface area contributed by atoms with Crippen LogP contribution in [0.4, 0.5) is 5.69 Å². The molecule has 21 heavy (non-hydrogen) atoms. The van der Waals surface area contributed by atoms with Gasteiger partial charge in [0.1, 0.15) is 5.75 Å². The van der Waals surface area contributed by atoms with Gasteiger partial charge in [0.05, 0.1) is 6.61 Å². The molecule has 4 heteroatoms. The summed E-state index contributed by atoms with van der Waals surface area (Å²) in [5.41, 5.74) is 2.22. The van der Waals surface area contributed by atoms with Gasteiger partial charge in [-0.05, 0) is 42.8 Å². The summed E-state index contributed by atoms with van der Waals surface area (Å²) < 4.78 is 5.41. The van der Waals surface area contributed by atoms with Crippen molar-refractivity contribution in [1.82, 2.24) is 5.32 Å². The minimum Gasteiger partial charge on any atom is -0.494 e. The predicted octanol–water partition coefficient (Wildman–Crippen LogP) is 3.94. The first-order chi connectivity index (χ1) is 10.3. The zero-order valence-corrected chi connectivity index (χ0v) is 13.0. The van der Waals surface area contributed by atoms with Crippen LogP contribution in [-0.4, -0.2) is 19.7 Å². The number of halogens is 1. The van der Waals surface area contributed by atoms with Crippen LogP contribution >= 0.6 is 11.6 Å². The molecule has 0 aliphatic rings. The van der Waals surface area contributed by atoms with Gasteiger partial charge in [0, 0.05) is 30.3 Å². The van der Waals surface area contributed by atoms with E-state index in [1.165, 1.54) is 0 Å². The van der Waals surface area contributed by atoms with Gasteiger partial charge in [0.2, 0.25) is 0 Å². The van der Waals surface area contributed by atoms with Crippen LogP contribution in [0.3, 0.4) is 0 Å². The quantitative estimate of drug-likeness (QED) is 0.725. The predicted molar refractivity (Wildman–Crippen MR) is 89.3 cm³/mol. The molecule has 3 nitrogen and oxygen atoms in total. The Morgan fingerprint density at radius 2 is 1.76 bits per heavy atom. The maximum Gasteiger partial charge on any atom is 0.119 e. The van der Waals surface area contributed by atoms with Crippen molar-refractivity contribution in [1.29, 1.82) is 0 Å². The van der Waals surface area contributed by atoms with E-state index < -0.39 is 0 Å². The van der Waals surface area contributed by atoms with Crippen LogP contribution in [0.1, 0.15) is 12.5 Å². The summed E-state index contributed by atoms with van der Waals surface area (Å²) in [5, 5.41) is 7.55. The summed E-state index contributed by atoms with van der Waals surface area (Å²) in [7, 11) is 0. The van der Waals surface area contributed by atoms with Gasteiger partial charge in [0.15, 0.2) is 0 Å². The Bertz CT molecular complexity index is 543. The molecule has 2 aromatic carbocycles. The van der Waals surface area contributed by atoms with Crippen LogP contribution in [0.25, 0.3) is 0 Å². The highest BCUT2D eigenvalue weighted by Crippen LogP contribution is 2.15. The molecule has 0 amide bonds. The monoisotopic (exact) mass is 304 g/mol. The number of nitrogens with one attached hydrogen (secondary N) is 2. The Morgan fingerprint density at radius 1 is 1.00 bits per heavy atom. The van der Waals surface area contributed by atoms with Crippen molar-refractivity contribution in [2.24, 2.45) is 0 Å². The van der Waals surface area contributed by atoms with E-state index >= 15 is 0 Å². The smallest absolute Gasteiger partial charge is 0.119 e. The van der Waals surface area contributed by atoms with Crippen LogP contribution in [0.5, 0.6) is 5.75 Å². The fourth-order valence-corrected chi connectivity index (χ4v) is 2.20. The minimum atomic E-state index is 0.693. The summed E-state index contributed by atoms with van der Waals surface area (Å²) in [6.07, 6.45) is 0. The first-order valence-electron chi connectivity index (χ1n) is 7.20. The number of benzene rings is 2. The van der Waals surface area contributed by atoms with Crippen molar-refractivity contribution in [3.05, 3.63) is 59.1 Å². The lowest BCUT2D eigenvalue weighted by molar-refractivity contribution is 0.340. The average Bonchev–Trinajstić information content (AvgIpc) is 2.51. The van der Waals surface area contributed by atoms with Crippen LogP contribution < -0.4 is 15.4 Å². The molecule has 0 aliphatic heterocycles. The molecule has 0 atom stereocenters. The van der Waals surface area contributed by atoms with Gasteiger partial charge >= 0.3 is 0 Å². The van der Waals surface area contributed by atoms with Crippen LogP contribution in [0.2, 0.25) is 5.02 Å². The summed E-state index contributed by atoms with van der Waals surface area (Å²) in [6.45, 7) is 5.19. The molecule has 2 aromatic rings. The molecule has 0 saturated carbocycles. The van der Waals surface area contributed by atoms with Crippen LogP contribution in [-0.2, 0) is 6.54 Å². The van der Waals surface area contributed by atoms with Gasteiger partial charge in [-0.25, -0.2) is 0 Å². The first-order valence-corrected chi connectivity index (χ1v) is 7.58. The number of anilines is 1. The van der Waals surface area contributed by atoms with E-state index in [4.69, 9.17) is 16.3 Å². The summed E-state index contributed by atoms with van der Waals surface area (Å²) in [5.74, 6) is 0.903. The second-order valence-corrected chi connectivity index (χ2v) is 5.06. The Morgan fingerprint density at radius 3 is 2.48 bits per heavy atom. The Kier molecular flexibility index (Phi) is 6.38. The van der Waals surface area contributed by atoms with E-state index in [2.05, 4.69) is 10.6 Å². The van der Waals surface area contributed by atoms with Crippen molar-refractivity contribution in [3.8, 4) is 5.75 Å². The molecule has 0 heterocycles. The number of rotatable bonds is 8. The lowest BCUT2D eigenvalue weighted by atomic mass is 10.2. The SMILES string of the molecule is CCOc1ccc(NCCNCc2ccccc2Cl)cc1. The molecule has 0 spiro atoms. The molecule has 0 aromatic heterocycles. The zero-order valence-electron chi connectivity index (χ0n) is 12.2. The maximum atomic E-state index is 6.11. The largest absolute Gasteiger partial charge is 0.494 e. The first kappa shape index (κ1) is 15.7. The molecule has 0 fully saturated rings. The standard InChI is InChI=1S/C17H21ClN2O/c1-2-21-16-9-7-15(8-10-16)20-12-11-19-13-14-5-3-4-6-17(14)18/h3-10,19-20H,2,11-13H2,1H3. The van der Waals surface area contributed by atoms with Crippen molar-refractivity contribution < 1.29 is 4.74 Å². The topological polar surface area (TPSA) is 33.3 Å². The minimum absolute atomic E-state index is 0.693. The second kappa shape index (κ2) is 8.55. The molecular weight excluding hydrogens is 284 g/mol. The summed E-state index contributed by atoms with van der Waals surface area (Å²) in [4.78, 5) is 0. The van der Waals surface area contributed by atoms with Crippen molar-refractivity contribution in [3.63, 3.8) is 0 Å². The average molecular weight is 305 g/mol. The molecule has 0 saturated heterocycles. The molecule has 0 bridgehead atoms. The van der Waals surface area contributed by atoms with Gasteiger partial charge in [-0.15, -0.1) is 0 Å². The highest BCUT2D eigenvalue weighted by atomic mass is 35.5. The van der Waals surface area contributed by atoms with Gasteiger partial charge in [-0.2, -0.15) is 0 Å². The lowest BCUT2D eigenvalue weighted by Gasteiger charge is -2.09. The Labute approximate surface area is 131 Å². The Hall–Kier alpha value is -1.71. The van der Waals surface area contributed by atoms with Crippen molar-refractivity contribution in [2.45, 2.75) is 13.5 Å². The van der Waals surface area contributed by atoms with Gasteiger partial charge < -0.3 is 15.4 Å². The molecule has 2 rings (SSSR count). The van der Waals surface area contributed by atoms with Crippen LogP contribution in [0, 0.1) is 0 Å². The van der Waals surface area contributed by atoms with Gasteiger partial charge in [-0.3, -0.25) is 0 Å². The third kappa shape index (κ3) is 5.29. The Balaban J connectivity index is 1.66. The van der Waals surface area contributed by atoms with E-state index in [-0.39, 0.29) is 0 Å². The molecule has 0 unspecified atom stereocenters. The zero-order chi connectivity index (χ0) is 14.9. The fraction of sp³-hybridized carbons (Fsp3) is 0.294. The second-order valence-electron chi connectivity index (χ2n) is 4.65. The normalized spacial score (nSPS) is 10.4. The molecule has 0 aliphatic carbocycles. The number of hydrogen-bond acceptors (Lipinski definition) is 3. The van der Waals surface area contributed by atoms with Gasteiger partial charge in [-0.1, -0.05) is 29.8 Å². The van der Waals surface area contributed by atoms with Crippen molar-refractivity contribution in [2.75, 3.05) is 25.0 Å². The summed E-state index contributed by atoms with van der Waals surface area (Å²) in [6, 6.07) is 15.9. The van der Waals surface area contributed by atoms with E-state index in [9.17, 15) is 0 Å². The third-order valence-corrected chi connectivity index (χ3v) is 3.44. The van der Waals surface area contributed by atoms with E-state index in [0.717, 1.165) is 41.7 Å². The molecule has 2 N–H and O–H groups in total.